The van der Waals surface area contributed by atoms with Crippen molar-refractivity contribution in [2.24, 2.45) is 0 Å². The number of hydrogen-bond acceptors (Lipinski definition) is 0. The Kier molecular flexibility index (Phi) is 2.80. The first-order valence-corrected chi connectivity index (χ1v) is 5.47. The van der Waals surface area contributed by atoms with Crippen molar-refractivity contribution >= 4 is 23.2 Å². The predicted octanol–water partition coefficient (Wildman–Crippen LogP) is 4.21. The van der Waals surface area contributed by atoms with Gasteiger partial charge < -0.3 is 0 Å². The number of rotatable bonds is 1. The van der Waals surface area contributed by atoms with Crippen molar-refractivity contribution in [3.8, 4) is 0 Å². The van der Waals surface area contributed by atoms with Crippen LogP contribution in [0.25, 0.3) is 0 Å². The lowest BCUT2D eigenvalue weighted by atomic mass is 9.98. The summed E-state index contributed by atoms with van der Waals surface area (Å²) in [6.45, 7) is 0. The topological polar surface area (TPSA) is 0 Å². The van der Waals surface area contributed by atoms with Gasteiger partial charge in [-0.05, 0) is 36.8 Å². The largest absolute Gasteiger partial charge is 0.123 e. The predicted molar refractivity (Wildman–Crippen MR) is 57.7 cm³/mol. The van der Waals surface area contributed by atoms with Crippen LogP contribution >= 0.6 is 23.2 Å². The molecule has 1 aromatic carbocycles. The highest BCUT2D eigenvalue weighted by Gasteiger charge is 2.25. The molecule has 2 rings (SSSR count). The molecule has 1 aromatic rings. The Bertz CT molecular complexity index is 296. The summed E-state index contributed by atoms with van der Waals surface area (Å²) in [5.41, 5.74) is 1.27. The van der Waals surface area contributed by atoms with Gasteiger partial charge in [-0.2, -0.15) is 0 Å². The van der Waals surface area contributed by atoms with Crippen molar-refractivity contribution in [3.63, 3.8) is 0 Å². The minimum atomic E-state index is 0.348. The average Bonchev–Trinajstić information content (AvgIpc) is 2.53. The third-order valence-corrected chi connectivity index (χ3v) is 3.45. The molecular weight excluding hydrogens is 203 g/mol. The molecule has 13 heavy (non-hydrogen) atoms. The Hall–Kier alpha value is -0.200. The Morgan fingerprint density at radius 3 is 2.54 bits per heavy atom. The van der Waals surface area contributed by atoms with Gasteiger partial charge in [0.2, 0.25) is 0 Å². The van der Waals surface area contributed by atoms with Gasteiger partial charge in [0.15, 0.2) is 0 Å². The van der Waals surface area contributed by atoms with Crippen molar-refractivity contribution in [2.75, 3.05) is 0 Å². The monoisotopic (exact) mass is 214 g/mol. The molecule has 0 aliphatic heterocycles. The lowest BCUT2D eigenvalue weighted by Gasteiger charge is -2.10. The molecule has 0 spiro atoms. The van der Waals surface area contributed by atoms with Gasteiger partial charge in [-0.15, -0.1) is 11.6 Å². The van der Waals surface area contributed by atoms with E-state index in [1.807, 2.05) is 18.2 Å². The van der Waals surface area contributed by atoms with E-state index < -0.39 is 0 Å². The van der Waals surface area contributed by atoms with E-state index in [1.165, 1.54) is 12.0 Å². The highest BCUT2D eigenvalue weighted by Crippen LogP contribution is 2.39. The van der Waals surface area contributed by atoms with Crippen molar-refractivity contribution in [2.45, 2.75) is 30.6 Å². The fraction of sp³-hybridized carbons (Fsp3) is 0.455. The summed E-state index contributed by atoms with van der Waals surface area (Å²) in [5, 5.41) is 1.24. The van der Waals surface area contributed by atoms with Crippen LogP contribution in [0.4, 0.5) is 0 Å². The first-order chi connectivity index (χ1) is 6.27. The van der Waals surface area contributed by atoms with Crippen LogP contribution in [-0.4, -0.2) is 5.38 Å². The summed E-state index contributed by atoms with van der Waals surface area (Å²) >= 11 is 12.2. The molecule has 0 aromatic heterocycles. The van der Waals surface area contributed by atoms with Gasteiger partial charge in [0.25, 0.3) is 0 Å². The van der Waals surface area contributed by atoms with Crippen LogP contribution in [0.3, 0.4) is 0 Å². The summed E-state index contributed by atoms with van der Waals surface area (Å²) in [6, 6.07) is 8.09. The molecule has 1 saturated carbocycles. The SMILES string of the molecule is Clc1ccccc1C1CCC(Cl)C1. The summed E-state index contributed by atoms with van der Waals surface area (Å²) in [6.07, 6.45) is 3.38. The zero-order chi connectivity index (χ0) is 9.26. The number of hydrogen-bond donors (Lipinski definition) is 0. The normalized spacial score (nSPS) is 27.8. The van der Waals surface area contributed by atoms with Crippen molar-refractivity contribution in [1.29, 1.82) is 0 Å². The average molecular weight is 215 g/mol. The van der Waals surface area contributed by atoms with Crippen LogP contribution in [0.2, 0.25) is 5.02 Å². The van der Waals surface area contributed by atoms with E-state index in [0.717, 1.165) is 17.9 Å². The van der Waals surface area contributed by atoms with Crippen LogP contribution in [0.1, 0.15) is 30.7 Å². The Morgan fingerprint density at radius 2 is 1.92 bits per heavy atom. The van der Waals surface area contributed by atoms with E-state index in [0.29, 0.717) is 11.3 Å². The molecule has 0 saturated heterocycles. The number of benzene rings is 1. The van der Waals surface area contributed by atoms with Crippen LogP contribution in [0.5, 0.6) is 0 Å². The molecule has 0 N–H and O–H groups in total. The molecule has 0 radical (unpaired) electrons. The maximum Gasteiger partial charge on any atom is 0.0440 e. The van der Waals surface area contributed by atoms with Gasteiger partial charge in [0.05, 0.1) is 0 Å². The van der Waals surface area contributed by atoms with E-state index in [1.54, 1.807) is 0 Å². The number of halogens is 2. The van der Waals surface area contributed by atoms with Crippen molar-refractivity contribution < 1.29 is 0 Å². The molecule has 0 nitrogen and oxygen atoms in total. The van der Waals surface area contributed by atoms with Crippen LogP contribution in [-0.2, 0) is 0 Å². The second kappa shape index (κ2) is 3.89. The van der Waals surface area contributed by atoms with Crippen LogP contribution in [0, 0.1) is 0 Å². The van der Waals surface area contributed by atoms with Crippen LogP contribution < -0.4 is 0 Å². The molecule has 70 valence electrons. The summed E-state index contributed by atoms with van der Waals surface area (Å²) in [4.78, 5) is 0. The quantitative estimate of drug-likeness (QED) is 0.615. The minimum Gasteiger partial charge on any atom is -0.123 e. The second-order valence-electron chi connectivity index (χ2n) is 3.63. The minimum absolute atomic E-state index is 0.348. The highest BCUT2D eigenvalue weighted by molar-refractivity contribution is 6.31. The molecule has 2 unspecified atom stereocenters. The Labute approximate surface area is 88.9 Å². The standard InChI is InChI=1S/C11H12Cl2/c12-9-6-5-8(7-9)10-3-1-2-4-11(10)13/h1-4,8-9H,5-7H2. The maximum atomic E-state index is 6.11. The fourth-order valence-electron chi connectivity index (χ4n) is 2.02. The summed E-state index contributed by atoms with van der Waals surface area (Å²) in [5.74, 6) is 0.580. The zero-order valence-electron chi connectivity index (χ0n) is 7.34. The Morgan fingerprint density at radius 1 is 1.15 bits per heavy atom. The van der Waals surface area contributed by atoms with Gasteiger partial charge in [-0.1, -0.05) is 29.8 Å². The van der Waals surface area contributed by atoms with Gasteiger partial charge in [0, 0.05) is 10.4 Å². The van der Waals surface area contributed by atoms with Gasteiger partial charge in [-0.3, -0.25) is 0 Å². The third-order valence-electron chi connectivity index (χ3n) is 2.71. The lowest BCUT2D eigenvalue weighted by Crippen LogP contribution is -1.95. The van der Waals surface area contributed by atoms with E-state index in [4.69, 9.17) is 23.2 Å². The first kappa shape index (κ1) is 9.36. The molecular formula is C11H12Cl2. The lowest BCUT2D eigenvalue weighted by molar-refractivity contribution is 0.724. The molecule has 1 fully saturated rings. The number of alkyl halides is 1. The van der Waals surface area contributed by atoms with E-state index in [9.17, 15) is 0 Å². The molecule has 2 atom stereocenters. The van der Waals surface area contributed by atoms with E-state index in [-0.39, 0.29) is 0 Å². The molecule has 0 bridgehead atoms. The van der Waals surface area contributed by atoms with Gasteiger partial charge >= 0.3 is 0 Å². The van der Waals surface area contributed by atoms with E-state index >= 15 is 0 Å². The smallest absolute Gasteiger partial charge is 0.0440 e. The van der Waals surface area contributed by atoms with Crippen molar-refractivity contribution in [1.82, 2.24) is 0 Å². The molecule has 0 heterocycles. The molecule has 1 aliphatic rings. The van der Waals surface area contributed by atoms with Gasteiger partial charge in [-0.25, -0.2) is 0 Å². The van der Waals surface area contributed by atoms with Crippen LogP contribution in [0.15, 0.2) is 24.3 Å². The van der Waals surface area contributed by atoms with E-state index in [2.05, 4.69) is 6.07 Å². The highest BCUT2D eigenvalue weighted by atomic mass is 35.5. The van der Waals surface area contributed by atoms with Gasteiger partial charge in [0.1, 0.15) is 0 Å². The second-order valence-corrected chi connectivity index (χ2v) is 4.65. The summed E-state index contributed by atoms with van der Waals surface area (Å²) in [7, 11) is 0. The summed E-state index contributed by atoms with van der Waals surface area (Å²) < 4.78 is 0. The molecule has 0 amide bonds. The fourth-order valence-corrected chi connectivity index (χ4v) is 2.65. The maximum absolute atomic E-state index is 6.11. The third kappa shape index (κ3) is 2.00. The molecule has 2 heteroatoms. The Balaban J connectivity index is 2.21. The molecule has 1 aliphatic carbocycles. The van der Waals surface area contributed by atoms with Crippen molar-refractivity contribution in [3.05, 3.63) is 34.9 Å². The zero-order valence-corrected chi connectivity index (χ0v) is 8.85. The first-order valence-electron chi connectivity index (χ1n) is 4.66.